The molecule has 7 heteroatoms. The van der Waals surface area contributed by atoms with Crippen LogP contribution in [-0.2, 0) is 6.54 Å². The fraction of sp³-hybridized carbons (Fsp3) is 0.0870. The van der Waals surface area contributed by atoms with E-state index >= 15 is 0 Å². The molecule has 30 heavy (non-hydrogen) atoms. The van der Waals surface area contributed by atoms with Gasteiger partial charge in [-0.2, -0.15) is 0 Å². The summed E-state index contributed by atoms with van der Waals surface area (Å²) in [4.78, 5) is 22.9. The molecule has 2 aromatic carbocycles. The number of anilines is 2. The normalized spacial score (nSPS) is 11.1. The van der Waals surface area contributed by atoms with Gasteiger partial charge in [-0.15, -0.1) is 11.3 Å². The molecule has 0 aliphatic carbocycles. The molecule has 5 aromatic rings. The highest BCUT2D eigenvalue weighted by molar-refractivity contribution is 7.09. The van der Waals surface area contributed by atoms with Crippen LogP contribution in [0.25, 0.3) is 16.6 Å². The van der Waals surface area contributed by atoms with Gasteiger partial charge in [-0.25, -0.2) is 14.8 Å². The van der Waals surface area contributed by atoms with Crippen molar-refractivity contribution in [2.75, 3.05) is 5.32 Å². The first-order chi connectivity index (χ1) is 14.7. The van der Waals surface area contributed by atoms with Gasteiger partial charge in [-0.05, 0) is 54.3 Å². The molecule has 5 rings (SSSR count). The van der Waals surface area contributed by atoms with Crippen LogP contribution >= 0.6 is 11.3 Å². The molecule has 0 bridgehead atoms. The number of thiophene rings is 1. The van der Waals surface area contributed by atoms with Crippen LogP contribution in [0.2, 0.25) is 0 Å². The molecule has 3 aromatic heterocycles. The number of fused-ring (bicyclic) bond motifs is 1. The van der Waals surface area contributed by atoms with Crippen LogP contribution in [0.4, 0.5) is 11.5 Å². The van der Waals surface area contributed by atoms with Crippen molar-refractivity contribution in [2.45, 2.75) is 13.5 Å². The molecule has 0 saturated carbocycles. The second-order valence-electron chi connectivity index (χ2n) is 7.08. The van der Waals surface area contributed by atoms with E-state index < -0.39 is 0 Å². The molecular weight excluding hydrogens is 394 g/mol. The number of nitrogens with one attached hydrogen (secondary N) is 1. The Morgan fingerprint density at radius 3 is 2.80 bits per heavy atom. The molecule has 3 heterocycles. The fourth-order valence-electron chi connectivity index (χ4n) is 3.45. The van der Waals surface area contributed by atoms with Gasteiger partial charge in [-0.3, -0.25) is 9.13 Å². The molecule has 0 unspecified atom stereocenters. The van der Waals surface area contributed by atoms with Gasteiger partial charge in [0, 0.05) is 28.3 Å². The van der Waals surface area contributed by atoms with E-state index in [9.17, 15) is 4.79 Å². The van der Waals surface area contributed by atoms with Gasteiger partial charge < -0.3 is 5.32 Å². The zero-order valence-corrected chi connectivity index (χ0v) is 17.1. The molecular formula is C23H19N5OS. The minimum absolute atomic E-state index is 0.0761. The summed E-state index contributed by atoms with van der Waals surface area (Å²) in [5.41, 5.74) is 3.64. The number of imidazole rings is 1. The van der Waals surface area contributed by atoms with Crippen molar-refractivity contribution < 1.29 is 0 Å². The van der Waals surface area contributed by atoms with Gasteiger partial charge in [0.15, 0.2) is 0 Å². The Labute approximate surface area is 177 Å². The summed E-state index contributed by atoms with van der Waals surface area (Å²) in [7, 11) is 0. The Balaban J connectivity index is 1.53. The van der Waals surface area contributed by atoms with Crippen LogP contribution < -0.4 is 11.0 Å². The standard InChI is InChI=1S/C23H19N5OS/c1-16-4-2-5-17(12-16)26-22-20-13-18(7-8-21(20)24-15-25-22)28-10-9-27(23(28)29)14-19-6-3-11-30-19/h2-13,15H,14H2,1H3,(H,24,25,26). The van der Waals surface area contributed by atoms with Crippen LogP contribution in [0.1, 0.15) is 10.4 Å². The van der Waals surface area contributed by atoms with Crippen molar-refractivity contribution in [3.05, 3.63) is 99.6 Å². The van der Waals surface area contributed by atoms with E-state index in [-0.39, 0.29) is 5.69 Å². The first kappa shape index (κ1) is 18.3. The van der Waals surface area contributed by atoms with Crippen LogP contribution in [-0.4, -0.2) is 19.1 Å². The Morgan fingerprint density at radius 1 is 1.03 bits per heavy atom. The average Bonchev–Trinajstić information content (AvgIpc) is 3.39. The molecule has 148 valence electrons. The summed E-state index contributed by atoms with van der Waals surface area (Å²) in [5.74, 6) is 0.707. The highest BCUT2D eigenvalue weighted by Gasteiger charge is 2.10. The van der Waals surface area contributed by atoms with E-state index in [0.29, 0.717) is 12.4 Å². The predicted octanol–water partition coefficient (Wildman–Crippen LogP) is 4.74. The Kier molecular flexibility index (Phi) is 4.65. The molecule has 0 aliphatic rings. The highest BCUT2D eigenvalue weighted by atomic mass is 32.1. The summed E-state index contributed by atoms with van der Waals surface area (Å²) in [6, 6.07) is 17.9. The van der Waals surface area contributed by atoms with Crippen LogP contribution in [0, 0.1) is 6.92 Å². The number of hydrogen-bond donors (Lipinski definition) is 1. The topological polar surface area (TPSA) is 64.7 Å². The number of rotatable bonds is 5. The molecule has 0 amide bonds. The zero-order chi connectivity index (χ0) is 20.5. The van der Waals surface area contributed by atoms with Crippen LogP contribution in [0.3, 0.4) is 0 Å². The first-order valence-electron chi connectivity index (χ1n) is 9.56. The third kappa shape index (κ3) is 3.51. The quantitative estimate of drug-likeness (QED) is 0.452. The van der Waals surface area contributed by atoms with Crippen molar-refractivity contribution in [2.24, 2.45) is 0 Å². The maximum Gasteiger partial charge on any atom is 0.333 e. The molecule has 0 atom stereocenters. The summed E-state index contributed by atoms with van der Waals surface area (Å²) in [5, 5.41) is 6.25. The summed E-state index contributed by atoms with van der Waals surface area (Å²) in [6.45, 7) is 2.62. The van der Waals surface area contributed by atoms with E-state index in [4.69, 9.17) is 0 Å². The molecule has 0 spiro atoms. The van der Waals surface area contributed by atoms with Gasteiger partial charge >= 0.3 is 5.69 Å². The second-order valence-corrected chi connectivity index (χ2v) is 8.11. The second kappa shape index (κ2) is 7.61. The number of aromatic nitrogens is 4. The number of aryl methyl sites for hydroxylation is 1. The Bertz CT molecular complexity index is 1380. The maximum absolute atomic E-state index is 12.9. The maximum atomic E-state index is 12.9. The minimum Gasteiger partial charge on any atom is -0.340 e. The van der Waals surface area contributed by atoms with E-state index in [2.05, 4.69) is 34.3 Å². The number of benzene rings is 2. The van der Waals surface area contributed by atoms with Crippen LogP contribution in [0.15, 0.2) is 83.5 Å². The van der Waals surface area contributed by atoms with E-state index in [1.54, 1.807) is 33.0 Å². The van der Waals surface area contributed by atoms with E-state index in [1.165, 1.54) is 0 Å². The molecule has 0 fully saturated rings. The third-order valence-corrected chi connectivity index (χ3v) is 5.79. The molecule has 0 aliphatic heterocycles. The zero-order valence-electron chi connectivity index (χ0n) is 16.3. The first-order valence-corrected chi connectivity index (χ1v) is 10.4. The fourth-order valence-corrected chi connectivity index (χ4v) is 4.16. The molecule has 6 nitrogen and oxygen atoms in total. The number of hydrogen-bond acceptors (Lipinski definition) is 5. The SMILES string of the molecule is Cc1cccc(Nc2ncnc3ccc(-n4ccn(Cc5cccs5)c4=O)cc23)c1. The van der Waals surface area contributed by atoms with Gasteiger partial charge in [-0.1, -0.05) is 18.2 Å². The molecule has 1 N–H and O–H groups in total. The third-order valence-electron chi connectivity index (χ3n) is 4.93. The number of nitrogens with zero attached hydrogens (tertiary/aromatic N) is 4. The largest absolute Gasteiger partial charge is 0.340 e. The summed E-state index contributed by atoms with van der Waals surface area (Å²) in [6.07, 6.45) is 5.16. The smallest absolute Gasteiger partial charge is 0.333 e. The van der Waals surface area contributed by atoms with E-state index in [1.807, 2.05) is 54.0 Å². The van der Waals surface area contributed by atoms with Gasteiger partial charge in [0.1, 0.15) is 12.1 Å². The van der Waals surface area contributed by atoms with Crippen LogP contribution in [0.5, 0.6) is 0 Å². The predicted molar refractivity (Wildman–Crippen MR) is 121 cm³/mol. The van der Waals surface area contributed by atoms with Crippen molar-refractivity contribution in [3.8, 4) is 5.69 Å². The lowest BCUT2D eigenvalue weighted by molar-refractivity contribution is 0.751. The van der Waals surface area contributed by atoms with Crippen molar-refractivity contribution in [1.82, 2.24) is 19.1 Å². The lowest BCUT2D eigenvalue weighted by Gasteiger charge is -2.10. The molecule has 0 radical (unpaired) electrons. The Morgan fingerprint density at radius 2 is 1.97 bits per heavy atom. The van der Waals surface area contributed by atoms with Gasteiger partial charge in [0.2, 0.25) is 0 Å². The van der Waals surface area contributed by atoms with Gasteiger partial charge in [0.25, 0.3) is 0 Å². The highest BCUT2D eigenvalue weighted by Crippen LogP contribution is 2.25. The van der Waals surface area contributed by atoms with Crippen molar-refractivity contribution in [3.63, 3.8) is 0 Å². The lowest BCUT2D eigenvalue weighted by atomic mass is 10.2. The minimum atomic E-state index is -0.0761. The van der Waals surface area contributed by atoms with E-state index in [0.717, 1.165) is 32.7 Å². The van der Waals surface area contributed by atoms with Crippen molar-refractivity contribution in [1.29, 1.82) is 0 Å². The lowest BCUT2D eigenvalue weighted by Crippen LogP contribution is -2.23. The van der Waals surface area contributed by atoms with Gasteiger partial charge in [0.05, 0.1) is 17.7 Å². The monoisotopic (exact) mass is 413 g/mol. The van der Waals surface area contributed by atoms with Crippen molar-refractivity contribution >= 4 is 33.7 Å². The average molecular weight is 414 g/mol. The summed E-state index contributed by atoms with van der Waals surface area (Å²) >= 11 is 1.64. The molecule has 0 saturated heterocycles. The summed E-state index contributed by atoms with van der Waals surface area (Å²) < 4.78 is 3.36. The Hall–Kier alpha value is -3.71.